The molecule has 0 aliphatic carbocycles. The largest absolute Gasteiger partial charge is 0.477 e. The van der Waals surface area contributed by atoms with Crippen molar-refractivity contribution in [2.45, 2.75) is 405 Å². The molecule has 0 aromatic rings. The van der Waals surface area contributed by atoms with Gasteiger partial charge in [-0.15, -0.1) is 0 Å². The minimum absolute atomic E-state index is 0.0524. The zero-order valence-electron chi connectivity index (χ0n) is 64.7. The van der Waals surface area contributed by atoms with Gasteiger partial charge in [-0.1, -0.05) is 207 Å². The minimum Gasteiger partial charge on any atom is -0.477 e. The van der Waals surface area contributed by atoms with Gasteiger partial charge in [0.1, 0.15) is 98.2 Å². The highest BCUT2D eigenvalue weighted by Crippen LogP contribution is 2.42. The molecule has 0 aromatic heterocycles. The van der Waals surface area contributed by atoms with Crippen LogP contribution in [0.5, 0.6) is 0 Å². The molecule has 3 amide bonds. The van der Waals surface area contributed by atoms with Crippen molar-refractivity contribution < 1.29 is 154 Å². The molecule has 638 valence electrons. The summed E-state index contributed by atoms with van der Waals surface area (Å²) in [5.74, 6) is -13.7. The van der Waals surface area contributed by atoms with E-state index < -0.39 is 234 Å². The summed E-state index contributed by atoms with van der Waals surface area (Å²) in [5.41, 5.74) is 0. The third kappa shape index (κ3) is 31.5. The summed E-state index contributed by atoms with van der Waals surface area (Å²) in [6.45, 7) is 2.90. The van der Waals surface area contributed by atoms with E-state index in [1.54, 1.807) is 0 Å². The summed E-state index contributed by atoms with van der Waals surface area (Å²) in [6, 6.07) is -5.59. The molecule has 34 nitrogen and oxygen atoms in total. The molecule has 4 aliphatic heterocycles. The van der Waals surface area contributed by atoms with Crippen LogP contribution in [0.15, 0.2) is 0 Å². The van der Waals surface area contributed by atoms with Crippen molar-refractivity contribution in [3.63, 3.8) is 0 Å². The lowest BCUT2D eigenvalue weighted by atomic mass is 9.86. The summed E-state index contributed by atoms with van der Waals surface area (Å²) < 4.78 is 46.7. The normalized spacial score (nSPS) is 31.3. The van der Waals surface area contributed by atoms with Crippen LogP contribution in [0.3, 0.4) is 0 Å². The van der Waals surface area contributed by atoms with Crippen molar-refractivity contribution in [1.29, 1.82) is 0 Å². The van der Waals surface area contributed by atoms with Gasteiger partial charge in [0.05, 0.1) is 69.0 Å². The smallest absolute Gasteiger partial charge is 0.364 e. The van der Waals surface area contributed by atoms with E-state index in [0.717, 1.165) is 84.0 Å². The van der Waals surface area contributed by atoms with E-state index in [4.69, 9.17) is 37.9 Å². The van der Waals surface area contributed by atoms with E-state index in [9.17, 15) is 116 Å². The van der Waals surface area contributed by atoms with E-state index >= 15 is 0 Å². The third-order valence-corrected chi connectivity index (χ3v) is 21.6. The molecule has 0 spiro atoms. The molecule has 0 radical (unpaired) electrons. The topological polar surface area (TPSA) is 559 Å². The van der Waals surface area contributed by atoms with Gasteiger partial charge in [0, 0.05) is 19.8 Å². The summed E-state index contributed by atoms with van der Waals surface area (Å²) in [5, 5.41) is 206. The molecule has 34 heteroatoms. The number of aliphatic hydroxyl groups excluding tert-OH is 16. The molecule has 1 unspecified atom stereocenters. The molecule has 0 bridgehead atoms. The van der Waals surface area contributed by atoms with Crippen molar-refractivity contribution >= 4 is 29.7 Å². The number of hydrogen-bond acceptors (Lipinski definition) is 29. The number of aliphatic carboxylic acids is 2. The summed E-state index contributed by atoms with van der Waals surface area (Å²) in [6.07, 6.45) is -13.6. The quantitative estimate of drug-likeness (QED) is 0.0364. The molecule has 4 aliphatic rings. The van der Waals surface area contributed by atoms with Crippen molar-refractivity contribution in [1.82, 2.24) is 16.0 Å². The molecule has 0 aromatic carbocycles. The SMILES string of the molecule is CCCCCCCCCCCCCCCCCCCCCC[C@@H](O)C(=O)N[C@@H](CO[C@@H]1O[C@H](CO[C@]2(C(=O)O)C[C@H](O[C@]3(C(=O)O)C[C@H](O)[C@@H](NC(=O)CO)[C@H]([C@H](O)[C@@H](CO)O[C@@H]4O[C@@H](C)[C@@H](O)[C@@H](O)[C@@H]4O)O3)[C@@H](NC(C)=O)[C@H]([C@H](O)[C@H](O)CO)O2)[C@@H](O)[C@H](O)[C@H]1O)[C@H](O)[C@H](O)CCCCCCCCCC(C)CC. The van der Waals surface area contributed by atoms with Gasteiger partial charge < -0.3 is 146 Å². The molecular formula is C75H137N3O31. The highest BCUT2D eigenvalue weighted by molar-refractivity contribution is 5.81. The third-order valence-electron chi connectivity index (χ3n) is 21.6. The zero-order chi connectivity index (χ0) is 81.0. The Labute approximate surface area is 640 Å². The Morgan fingerprint density at radius 3 is 1.51 bits per heavy atom. The number of carbonyl (C=O) groups is 5. The van der Waals surface area contributed by atoms with Gasteiger partial charge in [-0.25, -0.2) is 9.59 Å². The van der Waals surface area contributed by atoms with Crippen LogP contribution in [0.4, 0.5) is 0 Å². The maximum atomic E-state index is 13.9. The number of aliphatic hydroxyl groups is 16. The van der Waals surface area contributed by atoms with Crippen molar-refractivity contribution in [2.75, 3.05) is 33.0 Å². The van der Waals surface area contributed by atoms with Crippen molar-refractivity contribution in [3.8, 4) is 0 Å². The summed E-state index contributed by atoms with van der Waals surface area (Å²) in [7, 11) is 0. The molecule has 4 rings (SSSR count). The number of carboxylic acid groups (broad SMARTS) is 2. The Morgan fingerprint density at radius 1 is 0.532 bits per heavy atom. The fraction of sp³-hybridized carbons (Fsp3) is 0.933. The highest BCUT2D eigenvalue weighted by atomic mass is 16.8. The lowest BCUT2D eigenvalue weighted by Gasteiger charge is -2.52. The van der Waals surface area contributed by atoms with E-state index in [1.165, 1.54) is 96.8 Å². The molecule has 109 heavy (non-hydrogen) atoms. The predicted octanol–water partition coefficient (Wildman–Crippen LogP) is 0.311. The number of ether oxygens (including phenoxy) is 8. The summed E-state index contributed by atoms with van der Waals surface area (Å²) in [4.78, 5) is 67.2. The summed E-state index contributed by atoms with van der Waals surface area (Å²) >= 11 is 0. The maximum Gasteiger partial charge on any atom is 0.364 e. The number of amides is 3. The Hall–Kier alpha value is -3.61. The van der Waals surface area contributed by atoms with Crippen molar-refractivity contribution in [3.05, 3.63) is 0 Å². The number of nitrogens with one attached hydrogen (secondary N) is 3. The van der Waals surface area contributed by atoms with Crippen LogP contribution in [0.25, 0.3) is 0 Å². The fourth-order valence-corrected chi connectivity index (χ4v) is 14.5. The molecule has 21 N–H and O–H groups in total. The van der Waals surface area contributed by atoms with E-state index in [-0.39, 0.29) is 12.8 Å². The van der Waals surface area contributed by atoms with Crippen LogP contribution in [0.2, 0.25) is 0 Å². The van der Waals surface area contributed by atoms with Crippen LogP contribution >= 0.6 is 0 Å². The van der Waals surface area contributed by atoms with Gasteiger partial charge in [-0.3, -0.25) is 14.4 Å². The number of carboxylic acids is 2. The van der Waals surface area contributed by atoms with Crippen LogP contribution in [0, 0.1) is 5.92 Å². The van der Waals surface area contributed by atoms with Crippen LogP contribution in [-0.2, 0) is 61.9 Å². The molecule has 4 saturated heterocycles. The van der Waals surface area contributed by atoms with Crippen LogP contribution < -0.4 is 16.0 Å². The standard InChI is InChI=1S/C75H137N3O31/c1-6-8-9-10-11-12-13-14-15-16-17-18-19-20-21-22-23-26-30-33-36-49(84)69(97)77-47(59(89)48(83)35-32-29-27-24-25-28-31-34-44(3)7-2)42-102-70-65(95)64(94)61(91)54(106-70)43-103-74(72(98)99)38-52(57(76-46(5)82)68(108-74)60(90)51(86)39-79)107-75(73(100)101)37-50(85)56(78-55(87)41-81)67(109-75)62(92)53(40-80)105-71-66(96)63(93)58(88)45(4)104-71/h44-45,47-54,56-68,70-71,79-81,83-86,88-96H,6-43H2,1-5H3,(H,76,82)(H,77,97)(H,78,87)(H,98,99)(H,100,101)/t44?,45-,47-,48+,49+,50-,51+,52-,53+,54+,56+,57+,58+,59-,60+,61+,62+,63+,64-,65+,66-,67+,68+,70+,71-,74+,75+/m0/s1. The average molecular weight is 1580 g/mol. The number of carbonyl (C=O) groups excluding carboxylic acids is 3. The number of unbranched alkanes of at least 4 members (excludes halogenated alkanes) is 25. The first kappa shape index (κ1) is 97.8. The number of hydrogen-bond donors (Lipinski definition) is 21. The van der Waals surface area contributed by atoms with Gasteiger partial charge in [0.15, 0.2) is 12.6 Å². The lowest BCUT2D eigenvalue weighted by Crippen LogP contribution is -2.72. The molecule has 27 atom stereocenters. The zero-order valence-corrected chi connectivity index (χ0v) is 64.7. The van der Waals surface area contributed by atoms with Gasteiger partial charge in [0.2, 0.25) is 17.7 Å². The van der Waals surface area contributed by atoms with Gasteiger partial charge in [-0.05, 0) is 25.7 Å². The highest BCUT2D eigenvalue weighted by Gasteiger charge is 2.63. The second-order valence-corrected chi connectivity index (χ2v) is 30.6. The lowest BCUT2D eigenvalue weighted by molar-refractivity contribution is -0.368. The average Bonchev–Trinajstić information content (AvgIpc) is 0.743. The first-order valence-electron chi connectivity index (χ1n) is 40.1. The Balaban J connectivity index is 1.55. The number of rotatable bonds is 57. The van der Waals surface area contributed by atoms with Crippen LogP contribution in [-0.4, -0.2) is 313 Å². The van der Waals surface area contributed by atoms with E-state index in [0.29, 0.717) is 25.2 Å². The Kier molecular flexibility index (Phi) is 46.1. The molecule has 4 heterocycles. The van der Waals surface area contributed by atoms with E-state index in [2.05, 4.69) is 36.7 Å². The van der Waals surface area contributed by atoms with Gasteiger partial charge in [0.25, 0.3) is 11.6 Å². The fourth-order valence-electron chi connectivity index (χ4n) is 14.5. The molecule has 4 fully saturated rings. The molecular weight excluding hydrogens is 1440 g/mol. The Morgan fingerprint density at radius 2 is 1.02 bits per heavy atom. The van der Waals surface area contributed by atoms with Gasteiger partial charge >= 0.3 is 11.9 Å². The molecule has 0 saturated carbocycles. The van der Waals surface area contributed by atoms with E-state index in [1.807, 2.05) is 0 Å². The second kappa shape index (κ2) is 51.4. The minimum atomic E-state index is -3.45. The monoisotopic (exact) mass is 1580 g/mol. The first-order valence-corrected chi connectivity index (χ1v) is 40.1. The van der Waals surface area contributed by atoms with Crippen LogP contribution in [0.1, 0.15) is 247 Å². The predicted molar refractivity (Wildman–Crippen MR) is 389 cm³/mol. The second-order valence-electron chi connectivity index (χ2n) is 30.6. The first-order chi connectivity index (χ1) is 51.9. The van der Waals surface area contributed by atoms with Crippen molar-refractivity contribution in [2.24, 2.45) is 5.92 Å². The Bertz CT molecular complexity index is 2540. The maximum absolute atomic E-state index is 13.9. The van der Waals surface area contributed by atoms with Gasteiger partial charge in [-0.2, -0.15) is 0 Å².